The van der Waals surface area contributed by atoms with Crippen molar-refractivity contribution >= 4 is 23.4 Å². The first kappa shape index (κ1) is 42.3. The molecule has 1 saturated carbocycles. The number of phenolic OH excluding ortho intramolecular Hbond substituents is 1. The zero-order valence-electron chi connectivity index (χ0n) is 33.2. The van der Waals surface area contributed by atoms with E-state index in [-0.39, 0.29) is 67.9 Å². The first-order valence-corrected chi connectivity index (χ1v) is 20.4. The molecule has 2 aliphatic carbocycles. The molecule has 308 valence electrons. The van der Waals surface area contributed by atoms with Crippen LogP contribution >= 0.6 is 0 Å². The fourth-order valence-electron chi connectivity index (χ4n) is 9.05. The summed E-state index contributed by atoms with van der Waals surface area (Å²) in [6.45, 7) is 6.87. The molecule has 0 spiro atoms. The molecule has 3 aromatic rings. The van der Waals surface area contributed by atoms with Gasteiger partial charge in [-0.25, -0.2) is 0 Å². The number of nitrogens with zero attached hydrogens (tertiary/aromatic N) is 3. The van der Waals surface area contributed by atoms with Gasteiger partial charge in [-0.3, -0.25) is 14.9 Å². The maximum Gasteiger partial charge on any atom is 0.269 e. The molecule has 6 rings (SSSR count). The quantitative estimate of drug-likeness (QED) is 0.0337. The number of benzene rings is 3. The van der Waals surface area contributed by atoms with Crippen molar-refractivity contribution in [2.24, 2.45) is 22.9 Å². The number of ether oxygens (including phenoxy) is 2. The minimum absolute atomic E-state index is 0.0257. The number of oxime groups is 1. The topological polar surface area (TPSA) is 164 Å². The molecule has 12 nitrogen and oxygen atoms in total. The lowest BCUT2D eigenvalue weighted by molar-refractivity contribution is -0.384. The Morgan fingerprint density at radius 3 is 2.48 bits per heavy atom. The number of unbranched alkanes of at least 4 members (excludes halogenated alkanes) is 2. The highest BCUT2D eigenvalue weighted by Gasteiger charge is 2.65. The van der Waals surface area contributed by atoms with Gasteiger partial charge in [0.15, 0.2) is 0 Å². The van der Waals surface area contributed by atoms with Gasteiger partial charge in [0.25, 0.3) is 5.69 Å². The highest BCUT2D eigenvalue weighted by Crippen LogP contribution is 2.62. The molecule has 12 heteroatoms. The summed E-state index contributed by atoms with van der Waals surface area (Å²) < 4.78 is 14.1. The van der Waals surface area contributed by atoms with Crippen LogP contribution in [0.1, 0.15) is 80.9 Å². The summed E-state index contributed by atoms with van der Waals surface area (Å²) in [5.41, 5.74) is 3.96. The van der Waals surface area contributed by atoms with Crippen LogP contribution in [0.5, 0.6) is 11.5 Å². The van der Waals surface area contributed by atoms with E-state index in [1.54, 1.807) is 47.4 Å². The zero-order valence-corrected chi connectivity index (χ0v) is 33.2. The van der Waals surface area contributed by atoms with E-state index < -0.39 is 22.7 Å². The van der Waals surface area contributed by atoms with Crippen LogP contribution in [0.2, 0.25) is 0 Å². The summed E-state index contributed by atoms with van der Waals surface area (Å²) >= 11 is 0. The fourth-order valence-corrected chi connectivity index (χ4v) is 9.05. The molecule has 58 heavy (non-hydrogen) atoms. The average Bonchev–Trinajstić information content (AvgIpc) is 3.23. The van der Waals surface area contributed by atoms with Crippen LogP contribution in [-0.4, -0.2) is 75.0 Å². The van der Waals surface area contributed by atoms with Crippen molar-refractivity contribution in [2.75, 3.05) is 26.4 Å². The molecule has 1 amide bonds. The van der Waals surface area contributed by atoms with Crippen molar-refractivity contribution in [3.63, 3.8) is 0 Å². The predicted octanol–water partition coefficient (Wildman–Crippen LogP) is 8.09. The predicted molar refractivity (Wildman–Crippen MR) is 222 cm³/mol. The molecule has 1 fully saturated rings. The molecule has 3 aromatic carbocycles. The molecule has 6 atom stereocenters. The van der Waals surface area contributed by atoms with Gasteiger partial charge in [-0.15, -0.1) is 6.58 Å². The molecule has 3 aliphatic rings. The number of aliphatic hydroxyl groups excluding tert-OH is 2. The summed E-state index contributed by atoms with van der Waals surface area (Å²) in [7, 11) is 0. The van der Waals surface area contributed by atoms with E-state index >= 15 is 0 Å². The number of rotatable bonds is 20. The second kappa shape index (κ2) is 19.9. The SMILES string of the molecule is C=CCOC12Oc3ccc(O)cc3C3C(CCCCO)C(CCCCO)C=C(C(=NOCc4ccccc4)CC1N(CCC)C(=O)C=Cc1ccc([N+](=O)[O-])cc1)C32. The normalized spacial score (nSPS) is 24.0. The van der Waals surface area contributed by atoms with Crippen LogP contribution < -0.4 is 4.74 Å². The Hall–Kier alpha value is -5.30. The molecular weight excluding hydrogens is 739 g/mol. The van der Waals surface area contributed by atoms with Crippen molar-refractivity contribution in [2.45, 2.75) is 82.6 Å². The summed E-state index contributed by atoms with van der Waals surface area (Å²) in [6, 6.07) is 20.2. The number of non-ortho nitro benzene ring substituents is 1. The zero-order chi connectivity index (χ0) is 41.1. The van der Waals surface area contributed by atoms with Crippen molar-refractivity contribution in [3.8, 4) is 11.5 Å². The highest BCUT2D eigenvalue weighted by atomic mass is 16.7. The van der Waals surface area contributed by atoms with Crippen LogP contribution in [-0.2, 0) is 21.0 Å². The van der Waals surface area contributed by atoms with Crippen molar-refractivity contribution < 1.29 is 39.3 Å². The number of phenols is 1. The van der Waals surface area contributed by atoms with E-state index in [0.29, 0.717) is 42.8 Å². The number of amides is 1. The minimum atomic E-state index is -1.43. The molecule has 3 N–H and O–H groups in total. The van der Waals surface area contributed by atoms with Gasteiger partial charge >= 0.3 is 0 Å². The lowest BCUT2D eigenvalue weighted by Gasteiger charge is -2.60. The number of allylic oxidation sites excluding steroid dienone is 1. The van der Waals surface area contributed by atoms with Crippen LogP contribution in [0.3, 0.4) is 0 Å². The third-order valence-corrected chi connectivity index (χ3v) is 11.6. The number of fused-ring (bicyclic) bond motifs is 2. The van der Waals surface area contributed by atoms with E-state index in [0.717, 1.165) is 42.4 Å². The molecule has 0 bridgehead atoms. The smallest absolute Gasteiger partial charge is 0.269 e. The average molecular weight is 794 g/mol. The van der Waals surface area contributed by atoms with E-state index in [2.05, 4.69) is 12.7 Å². The maximum atomic E-state index is 14.6. The van der Waals surface area contributed by atoms with Gasteiger partial charge in [-0.2, -0.15) is 0 Å². The molecule has 1 heterocycles. The van der Waals surface area contributed by atoms with Crippen molar-refractivity contribution in [3.05, 3.63) is 130 Å². The number of aromatic hydroxyl groups is 1. The number of nitro groups is 1. The first-order chi connectivity index (χ1) is 28.2. The Morgan fingerprint density at radius 2 is 1.79 bits per heavy atom. The first-order valence-electron chi connectivity index (χ1n) is 20.4. The number of aliphatic hydroxyl groups is 2. The molecule has 0 aromatic heterocycles. The monoisotopic (exact) mass is 793 g/mol. The fraction of sp³-hybridized carbons (Fsp3) is 0.435. The largest absolute Gasteiger partial charge is 0.508 e. The van der Waals surface area contributed by atoms with Crippen molar-refractivity contribution in [1.82, 2.24) is 4.90 Å². The van der Waals surface area contributed by atoms with Gasteiger partial charge in [0.1, 0.15) is 24.1 Å². The van der Waals surface area contributed by atoms with Gasteiger partial charge < -0.3 is 34.5 Å². The van der Waals surface area contributed by atoms with Gasteiger partial charge in [0.2, 0.25) is 11.7 Å². The van der Waals surface area contributed by atoms with E-state index in [4.69, 9.17) is 19.5 Å². The summed E-state index contributed by atoms with van der Waals surface area (Å²) in [6.07, 6.45) is 12.4. The second-order valence-electron chi connectivity index (χ2n) is 15.3. The second-order valence-corrected chi connectivity index (χ2v) is 15.3. The standard InChI is InChI=1S/C46H55N3O9/c1-3-24-48(43(53)23-18-32-16-19-35(20-17-32)49(54)55)42-30-40(47-57-31-33-12-6-5-7-13-33)38-28-34(14-8-10-25-50)37(15-9-11-26-51)44-39-29-36(52)21-22-41(39)58-46(42,45(38)44)56-27-4-2/h4-7,12-13,16-23,28-29,34,37,42,44-45,50-52H,2-3,8-11,14-15,24-27,30-31H2,1H3. The van der Waals surface area contributed by atoms with E-state index in [1.807, 2.05) is 37.3 Å². The Balaban J connectivity index is 1.53. The molecule has 1 aliphatic heterocycles. The van der Waals surface area contributed by atoms with Gasteiger partial charge in [-0.1, -0.05) is 67.4 Å². The lowest BCUT2D eigenvalue weighted by atomic mass is 9.55. The number of nitro benzene ring substituents is 1. The Kier molecular flexibility index (Phi) is 14.5. The molecule has 6 unspecified atom stereocenters. The Morgan fingerprint density at radius 1 is 1.05 bits per heavy atom. The van der Waals surface area contributed by atoms with Gasteiger partial charge in [0.05, 0.1) is 23.2 Å². The third kappa shape index (κ3) is 9.36. The number of hydrogen-bond acceptors (Lipinski definition) is 10. The van der Waals surface area contributed by atoms with Gasteiger partial charge in [-0.05, 0) is 97.0 Å². The molecule has 0 saturated heterocycles. The highest BCUT2D eigenvalue weighted by molar-refractivity contribution is 6.03. The Labute approximate surface area is 340 Å². The molecule has 0 radical (unpaired) electrons. The summed E-state index contributed by atoms with van der Waals surface area (Å²) in [4.78, 5) is 33.3. The number of hydrogen-bond donors (Lipinski definition) is 3. The Bertz CT molecular complexity index is 1960. The summed E-state index contributed by atoms with van der Waals surface area (Å²) in [5, 5.41) is 46.7. The van der Waals surface area contributed by atoms with E-state index in [1.165, 1.54) is 18.2 Å². The van der Waals surface area contributed by atoms with Crippen LogP contribution in [0.25, 0.3) is 6.08 Å². The van der Waals surface area contributed by atoms with Crippen LogP contribution in [0.4, 0.5) is 5.69 Å². The molecular formula is C46H55N3O9. The van der Waals surface area contributed by atoms with Crippen LogP contribution in [0, 0.1) is 27.9 Å². The van der Waals surface area contributed by atoms with Gasteiger partial charge in [0, 0.05) is 55.9 Å². The maximum absolute atomic E-state index is 14.6. The summed E-state index contributed by atoms with van der Waals surface area (Å²) in [5.74, 6) is -1.73. The third-order valence-electron chi connectivity index (χ3n) is 11.6. The van der Waals surface area contributed by atoms with E-state index in [9.17, 15) is 30.2 Å². The number of carbonyl (C=O) groups is 1. The lowest BCUT2D eigenvalue weighted by Crippen LogP contribution is -2.70. The number of carbonyl (C=O) groups excluding carboxylic acids is 1. The van der Waals surface area contributed by atoms with Crippen LogP contribution in [0.15, 0.2) is 108 Å². The minimum Gasteiger partial charge on any atom is -0.508 e. The van der Waals surface area contributed by atoms with Crippen molar-refractivity contribution in [1.29, 1.82) is 0 Å².